The predicted octanol–water partition coefficient (Wildman–Crippen LogP) is 0.717. The molecule has 0 aliphatic rings. The Hall–Kier alpha value is -0.790. The molecule has 0 spiro atoms. The Bertz CT molecular complexity index is 523. The summed E-state index contributed by atoms with van der Waals surface area (Å²) in [5.74, 6) is 3.21. The molecule has 2 heteroatoms. The van der Waals surface area contributed by atoms with E-state index in [0.717, 1.165) is 10.0 Å². The summed E-state index contributed by atoms with van der Waals surface area (Å²) in [6.07, 6.45) is 0. The molecule has 0 atom stereocenters. The smallest absolute Gasteiger partial charge is 0.0619 e. The van der Waals surface area contributed by atoms with Gasteiger partial charge in [-0.3, -0.25) is 0 Å². The zero-order chi connectivity index (χ0) is 11.2. The molecule has 0 amide bonds. The molecule has 0 nitrogen and oxygen atoms in total. The average molecular weight is 384 g/mol. The van der Waals surface area contributed by atoms with Crippen LogP contribution in [-0.2, 0) is 0 Å². The van der Waals surface area contributed by atoms with Crippen molar-refractivity contribution >= 4 is 15.9 Å². The molecule has 78 valence electrons. The lowest BCUT2D eigenvalue weighted by Crippen LogP contribution is -3.59. The van der Waals surface area contributed by atoms with Crippen molar-refractivity contribution in [2.45, 2.75) is 0 Å². The number of rotatable bonds is 1. The number of hydrogen-bond donors (Lipinski definition) is 0. The summed E-state index contributed by atoms with van der Waals surface area (Å²) in [5.41, 5.74) is 1.07. The van der Waals surface area contributed by atoms with Gasteiger partial charge in [-0.15, -0.1) is 0 Å². The number of benzene rings is 2. The summed E-state index contributed by atoms with van der Waals surface area (Å²) in [4.78, 5) is 0. The molecular weight excluding hydrogens is 375 g/mol. The minimum atomic E-state index is -0.194. The summed E-state index contributed by atoms with van der Waals surface area (Å²) in [6, 6.07) is 18.5. The highest BCUT2D eigenvalue weighted by Gasteiger charge is 2.06. The first-order chi connectivity index (χ1) is 7.86. The van der Waals surface area contributed by atoms with Crippen LogP contribution >= 0.6 is 15.9 Å². The molecule has 0 saturated carbocycles. The van der Waals surface area contributed by atoms with Crippen molar-refractivity contribution < 1.29 is 21.2 Å². The van der Waals surface area contributed by atoms with Crippen LogP contribution in [0.2, 0.25) is 0 Å². The van der Waals surface area contributed by atoms with Crippen LogP contribution in [0.25, 0.3) is 0 Å². The van der Waals surface area contributed by atoms with Crippen LogP contribution in [0.4, 0.5) is 0 Å². The van der Waals surface area contributed by atoms with Gasteiger partial charge < -0.3 is 0 Å². The number of halogens is 2. The van der Waals surface area contributed by atoms with Gasteiger partial charge in [-0.2, -0.15) is 0 Å². The lowest BCUT2D eigenvalue weighted by molar-refractivity contribution is -0.535. The fraction of sp³-hybridized carbons (Fsp3) is 0. The van der Waals surface area contributed by atoms with Gasteiger partial charge in [-0.1, -0.05) is 30.3 Å². The van der Waals surface area contributed by atoms with Crippen LogP contribution in [0.3, 0.4) is 0 Å². The fourth-order valence-corrected chi connectivity index (χ4v) is 3.06. The van der Waals surface area contributed by atoms with Gasteiger partial charge in [0.15, 0.2) is 3.93 Å². The maximum atomic E-state index is 3.49. The molecule has 0 aliphatic heterocycles. The molecule has 0 unspecified atom stereocenters. The van der Waals surface area contributed by atoms with Crippen molar-refractivity contribution in [1.82, 2.24) is 0 Å². The molecule has 0 aliphatic carbocycles. The third-order valence-corrected chi connectivity index (χ3v) is 4.52. The minimum Gasteiger partial charge on any atom is -0.0619 e. The molecular formula is C14H9BrI+. The summed E-state index contributed by atoms with van der Waals surface area (Å²) in [5, 5.41) is 0. The summed E-state index contributed by atoms with van der Waals surface area (Å²) in [7, 11) is 0. The quantitative estimate of drug-likeness (QED) is 0.502. The standard InChI is InChI=1S/C14H9BrI/c15-14-9-5-4-6-12(14)10-11-16-13-7-2-1-3-8-13/h1-9H/q+1. The SMILES string of the molecule is Brc1ccccc1C#C[I+]c1ccccc1. The Morgan fingerprint density at radius 3 is 2.31 bits per heavy atom. The molecule has 0 radical (unpaired) electrons. The normalized spacial score (nSPS) is 9.31. The summed E-state index contributed by atoms with van der Waals surface area (Å²) in [6.45, 7) is 0. The van der Waals surface area contributed by atoms with E-state index in [9.17, 15) is 0 Å². The Kier molecular flexibility index (Phi) is 4.44. The largest absolute Gasteiger partial charge is 0.420 e. The first-order valence-electron chi connectivity index (χ1n) is 4.80. The second-order valence-corrected chi connectivity index (χ2v) is 6.27. The summed E-state index contributed by atoms with van der Waals surface area (Å²) < 4.78 is 5.72. The van der Waals surface area contributed by atoms with Gasteiger partial charge in [0.25, 0.3) is 0 Å². The maximum Gasteiger partial charge on any atom is 0.420 e. The molecule has 2 aromatic carbocycles. The Labute approximate surface area is 114 Å². The monoisotopic (exact) mass is 383 g/mol. The topological polar surface area (TPSA) is 0 Å². The first-order valence-corrected chi connectivity index (χ1v) is 7.76. The Balaban J connectivity index is 2.10. The molecule has 0 aromatic heterocycles. The lowest BCUT2D eigenvalue weighted by Gasteiger charge is -1.90. The van der Waals surface area contributed by atoms with E-state index in [4.69, 9.17) is 0 Å². The van der Waals surface area contributed by atoms with E-state index in [2.05, 4.69) is 50.0 Å². The van der Waals surface area contributed by atoms with E-state index < -0.39 is 0 Å². The lowest BCUT2D eigenvalue weighted by atomic mass is 10.2. The minimum absolute atomic E-state index is 0.194. The molecule has 16 heavy (non-hydrogen) atoms. The van der Waals surface area contributed by atoms with E-state index in [1.807, 2.05) is 30.3 Å². The highest BCUT2D eigenvalue weighted by Crippen LogP contribution is 2.13. The Morgan fingerprint density at radius 2 is 1.56 bits per heavy atom. The zero-order valence-electron chi connectivity index (χ0n) is 8.45. The van der Waals surface area contributed by atoms with E-state index in [-0.39, 0.29) is 21.2 Å². The van der Waals surface area contributed by atoms with E-state index in [0.29, 0.717) is 0 Å². The van der Waals surface area contributed by atoms with Crippen LogP contribution in [0.5, 0.6) is 0 Å². The van der Waals surface area contributed by atoms with Gasteiger partial charge in [0.05, 0.1) is 0 Å². The van der Waals surface area contributed by atoms with Crippen LogP contribution < -0.4 is 21.2 Å². The van der Waals surface area contributed by atoms with Crippen LogP contribution in [0.1, 0.15) is 5.56 Å². The molecule has 0 fully saturated rings. The van der Waals surface area contributed by atoms with Crippen LogP contribution in [-0.4, -0.2) is 0 Å². The van der Waals surface area contributed by atoms with Gasteiger partial charge >= 0.3 is 21.2 Å². The van der Waals surface area contributed by atoms with E-state index >= 15 is 0 Å². The highest BCUT2D eigenvalue weighted by atomic mass is 127. The predicted molar refractivity (Wildman–Crippen MR) is 66.2 cm³/mol. The van der Waals surface area contributed by atoms with E-state index in [1.54, 1.807) is 0 Å². The Morgan fingerprint density at radius 1 is 0.875 bits per heavy atom. The fourth-order valence-electron chi connectivity index (χ4n) is 1.17. The zero-order valence-corrected chi connectivity index (χ0v) is 12.2. The van der Waals surface area contributed by atoms with Crippen molar-refractivity contribution in [1.29, 1.82) is 0 Å². The second-order valence-electron chi connectivity index (χ2n) is 3.09. The molecule has 0 saturated heterocycles. The molecule has 0 N–H and O–H groups in total. The number of hydrogen-bond acceptors (Lipinski definition) is 0. The highest BCUT2D eigenvalue weighted by molar-refractivity contribution is 9.10. The molecule has 2 rings (SSSR count). The maximum absolute atomic E-state index is 3.49. The third kappa shape index (κ3) is 3.36. The van der Waals surface area contributed by atoms with Crippen molar-refractivity contribution in [3.05, 3.63) is 68.2 Å². The molecule has 0 heterocycles. The van der Waals surface area contributed by atoms with Crippen molar-refractivity contribution in [3.63, 3.8) is 0 Å². The van der Waals surface area contributed by atoms with Crippen molar-refractivity contribution in [2.24, 2.45) is 0 Å². The van der Waals surface area contributed by atoms with Gasteiger partial charge in [0, 0.05) is 10.0 Å². The van der Waals surface area contributed by atoms with E-state index in [1.165, 1.54) is 3.57 Å². The van der Waals surface area contributed by atoms with Crippen molar-refractivity contribution in [2.75, 3.05) is 0 Å². The van der Waals surface area contributed by atoms with Crippen LogP contribution in [0, 0.1) is 13.4 Å². The molecule has 2 aromatic rings. The van der Waals surface area contributed by atoms with Gasteiger partial charge in [0.1, 0.15) is 0 Å². The van der Waals surface area contributed by atoms with Gasteiger partial charge in [-0.05, 0) is 46.1 Å². The average Bonchev–Trinajstić information content (AvgIpc) is 2.33. The van der Waals surface area contributed by atoms with Crippen LogP contribution in [0.15, 0.2) is 59.1 Å². The van der Waals surface area contributed by atoms with Gasteiger partial charge in [-0.25, -0.2) is 0 Å². The second kappa shape index (κ2) is 6.07. The first kappa shape index (κ1) is 11.7. The summed E-state index contributed by atoms with van der Waals surface area (Å²) >= 11 is 3.30. The van der Waals surface area contributed by atoms with Crippen molar-refractivity contribution in [3.8, 4) is 9.85 Å². The van der Waals surface area contributed by atoms with Gasteiger partial charge in [0.2, 0.25) is 3.57 Å². The molecule has 0 bridgehead atoms. The third-order valence-electron chi connectivity index (χ3n) is 1.95.